The molecule has 1 unspecified atom stereocenters. The van der Waals surface area contributed by atoms with Crippen molar-refractivity contribution in [3.05, 3.63) is 77.6 Å². The Labute approximate surface area is 153 Å². The molecule has 1 N–H and O–H groups in total. The molecular formula is C21H23FN4. The summed E-state index contributed by atoms with van der Waals surface area (Å²) in [7, 11) is 0. The summed E-state index contributed by atoms with van der Waals surface area (Å²) in [6, 6.07) is 10.8. The number of benzene rings is 1. The van der Waals surface area contributed by atoms with Crippen molar-refractivity contribution in [1.82, 2.24) is 20.1 Å². The lowest BCUT2D eigenvalue weighted by Crippen LogP contribution is -2.33. The third-order valence-electron chi connectivity index (χ3n) is 5.03. The maximum absolute atomic E-state index is 13.3. The Morgan fingerprint density at radius 3 is 2.73 bits per heavy atom. The fourth-order valence-electron chi connectivity index (χ4n) is 3.77. The van der Waals surface area contributed by atoms with E-state index in [0.717, 1.165) is 25.1 Å². The largest absolute Gasteiger partial charge is 0.306 e. The topological polar surface area (TPSA) is 42.7 Å². The molecule has 0 aliphatic heterocycles. The molecule has 0 fully saturated rings. The average molecular weight is 350 g/mol. The molecule has 5 heteroatoms. The molecule has 0 saturated carbocycles. The molecule has 4 rings (SSSR count). The van der Waals surface area contributed by atoms with E-state index in [0.29, 0.717) is 0 Å². The number of nitrogens with zero attached hydrogens (tertiary/aromatic N) is 3. The summed E-state index contributed by atoms with van der Waals surface area (Å²) in [6.07, 6.45) is 7.64. The number of nitrogens with one attached hydrogen (secondary N) is 1. The van der Waals surface area contributed by atoms with Crippen molar-refractivity contribution in [3.63, 3.8) is 0 Å². The molecule has 1 aliphatic rings. The van der Waals surface area contributed by atoms with Crippen LogP contribution in [-0.4, -0.2) is 14.8 Å². The van der Waals surface area contributed by atoms with E-state index in [2.05, 4.69) is 35.3 Å². The van der Waals surface area contributed by atoms with Gasteiger partial charge in [0.05, 0.1) is 11.9 Å². The zero-order valence-electron chi connectivity index (χ0n) is 15.1. The minimum atomic E-state index is -0.230. The van der Waals surface area contributed by atoms with Gasteiger partial charge in [0.1, 0.15) is 5.82 Å². The first kappa shape index (κ1) is 16.9. The molecular weight excluding hydrogens is 327 g/mol. The van der Waals surface area contributed by atoms with Crippen molar-refractivity contribution < 1.29 is 4.39 Å². The molecule has 26 heavy (non-hydrogen) atoms. The molecule has 0 amide bonds. The van der Waals surface area contributed by atoms with Crippen LogP contribution < -0.4 is 5.32 Å². The predicted molar refractivity (Wildman–Crippen MR) is 99.4 cm³/mol. The quantitative estimate of drug-likeness (QED) is 0.766. The number of fused-ring (bicyclic) bond motifs is 1. The lowest BCUT2D eigenvalue weighted by atomic mass is 9.74. The molecule has 0 bridgehead atoms. The molecule has 1 atom stereocenters. The molecule has 1 aromatic carbocycles. The van der Waals surface area contributed by atoms with E-state index in [1.54, 1.807) is 18.3 Å². The Bertz CT molecular complexity index is 884. The van der Waals surface area contributed by atoms with Gasteiger partial charge in [-0.2, -0.15) is 5.10 Å². The van der Waals surface area contributed by atoms with Gasteiger partial charge >= 0.3 is 0 Å². The minimum Gasteiger partial charge on any atom is -0.306 e. The lowest BCUT2D eigenvalue weighted by molar-refractivity contribution is 0.252. The Morgan fingerprint density at radius 1 is 1.19 bits per heavy atom. The highest BCUT2D eigenvalue weighted by Gasteiger charge is 2.35. The van der Waals surface area contributed by atoms with Gasteiger partial charge in [0.25, 0.3) is 0 Å². The fraction of sp³-hybridized carbons (Fsp3) is 0.333. The van der Waals surface area contributed by atoms with Gasteiger partial charge in [0.2, 0.25) is 0 Å². The van der Waals surface area contributed by atoms with E-state index in [1.807, 2.05) is 23.1 Å². The molecule has 2 aromatic heterocycles. The van der Waals surface area contributed by atoms with E-state index in [1.165, 1.54) is 29.0 Å². The van der Waals surface area contributed by atoms with Crippen LogP contribution in [0.25, 0.3) is 5.69 Å². The van der Waals surface area contributed by atoms with Gasteiger partial charge in [-0.25, -0.2) is 9.07 Å². The molecule has 0 spiro atoms. The number of halogens is 1. The van der Waals surface area contributed by atoms with Gasteiger partial charge in [-0.1, -0.05) is 19.9 Å². The third-order valence-corrected chi connectivity index (χ3v) is 5.03. The fourth-order valence-corrected chi connectivity index (χ4v) is 3.77. The molecule has 1 aliphatic carbocycles. The Morgan fingerprint density at radius 2 is 2.00 bits per heavy atom. The molecule has 0 radical (unpaired) electrons. The maximum atomic E-state index is 13.3. The van der Waals surface area contributed by atoms with E-state index in [4.69, 9.17) is 0 Å². The van der Waals surface area contributed by atoms with Gasteiger partial charge in [-0.05, 0) is 54.2 Å². The van der Waals surface area contributed by atoms with Gasteiger partial charge < -0.3 is 5.32 Å². The summed E-state index contributed by atoms with van der Waals surface area (Å²) >= 11 is 0. The third kappa shape index (κ3) is 3.40. The summed E-state index contributed by atoms with van der Waals surface area (Å²) in [5.41, 5.74) is 4.67. The highest BCUT2D eigenvalue weighted by Crippen LogP contribution is 2.41. The predicted octanol–water partition coefficient (Wildman–Crippen LogP) is 4.21. The zero-order valence-corrected chi connectivity index (χ0v) is 15.1. The van der Waals surface area contributed by atoms with Gasteiger partial charge in [0, 0.05) is 36.2 Å². The van der Waals surface area contributed by atoms with Gasteiger partial charge in [-0.3, -0.25) is 4.98 Å². The smallest absolute Gasteiger partial charge is 0.123 e. The molecule has 2 heterocycles. The normalized spacial score (nSPS) is 18.5. The van der Waals surface area contributed by atoms with E-state index in [-0.39, 0.29) is 17.3 Å². The van der Waals surface area contributed by atoms with Gasteiger partial charge in [0.15, 0.2) is 0 Å². The average Bonchev–Trinajstić information content (AvgIpc) is 3.04. The van der Waals surface area contributed by atoms with Crippen molar-refractivity contribution in [2.24, 2.45) is 5.41 Å². The summed E-state index contributed by atoms with van der Waals surface area (Å²) in [5, 5.41) is 8.28. The highest BCUT2D eigenvalue weighted by molar-refractivity contribution is 5.38. The van der Waals surface area contributed by atoms with E-state index >= 15 is 0 Å². The minimum absolute atomic E-state index is 0.164. The van der Waals surface area contributed by atoms with Crippen LogP contribution in [0.2, 0.25) is 0 Å². The monoisotopic (exact) mass is 350 g/mol. The van der Waals surface area contributed by atoms with E-state index in [9.17, 15) is 4.39 Å². The molecule has 0 saturated heterocycles. The van der Waals surface area contributed by atoms with E-state index < -0.39 is 0 Å². The second-order valence-corrected chi connectivity index (χ2v) is 7.77. The van der Waals surface area contributed by atoms with Crippen LogP contribution in [0.3, 0.4) is 0 Å². The standard InChI is InChI=1S/C21H23FN4/c1-21(2)10-19(24-13-15-4-3-9-23-12-15)18-14-25-26(20(18)11-21)17-7-5-16(22)6-8-17/h3-9,12,14,19,24H,10-11,13H2,1-2H3. The first-order chi connectivity index (χ1) is 12.5. The second-order valence-electron chi connectivity index (χ2n) is 7.77. The number of pyridine rings is 1. The van der Waals surface area contributed by atoms with Crippen molar-refractivity contribution >= 4 is 0 Å². The summed E-state index contributed by atoms with van der Waals surface area (Å²) in [5.74, 6) is -0.230. The SMILES string of the molecule is CC1(C)Cc2c(cnn2-c2ccc(F)cc2)C(NCc2cccnc2)C1. The number of hydrogen-bond donors (Lipinski definition) is 1. The Kier molecular flexibility index (Phi) is 4.32. The van der Waals surface area contributed by atoms with Crippen LogP contribution in [0.4, 0.5) is 4.39 Å². The molecule has 3 aromatic rings. The van der Waals surface area contributed by atoms with Crippen LogP contribution >= 0.6 is 0 Å². The van der Waals surface area contributed by atoms with Crippen molar-refractivity contribution in [2.75, 3.05) is 0 Å². The first-order valence-electron chi connectivity index (χ1n) is 8.97. The zero-order chi connectivity index (χ0) is 18.1. The van der Waals surface area contributed by atoms with Crippen molar-refractivity contribution in [2.45, 2.75) is 39.3 Å². The second kappa shape index (κ2) is 6.65. The van der Waals surface area contributed by atoms with Crippen LogP contribution in [0.1, 0.15) is 43.1 Å². The number of hydrogen-bond acceptors (Lipinski definition) is 3. The van der Waals surface area contributed by atoms with Crippen LogP contribution in [-0.2, 0) is 13.0 Å². The lowest BCUT2D eigenvalue weighted by Gasteiger charge is -2.36. The first-order valence-corrected chi connectivity index (χ1v) is 8.97. The van der Waals surface area contributed by atoms with Crippen LogP contribution in [0.5, 0.6) is 0 Å². The number of aromatic nitrogens is 3. The number of rotatable bonds is 4. The van der Waals surface area contributed by atoms with Crippen molar-refractivity contribution in [3.8, 4) is 5.69 Å². The van der Waals surface area contributed by atoms with Crippen LogP contribution in [0, 0.1) is 11.2 Å². The van der Waals surface area contributed by atoms with Crippen LogP contribution in [0.15, 0.2) is 55.0 Å². The molecule has 134 valence electrons. The Balaban J connectivity index is 1.64. The molecule has 4 nitrogen and oxygen atoms in total. The van der Waals surface area contributed by atoms with Crippen molar-refractivity contribution in [1.29, 1.82) is 0 Å². The summed E-state index contributed by atoms with van der Waals surface area (Å²) < 4.78 is 15.2. The maximum Gasteiger partial charge on any atom is 0.123 e. The highest BCUT2D eigenvalue weighted by atomic mass is 19.1. The van der Waals surface area contributed by atoms with Gasteiger partial charge in [-0.15, -0.1) is 0 Å². The summed E-state index contributed by atoms with van der Waals surface area (Å²) in [4.78, 5) is 4.19. The Hall–Kier alpha value is -2.53. The summed E-state index contributed by atoms with van der Waals surface area (Å²) in [6.45, 7) is 5.35.